The minimum atomic E-state index is -0.00926. The lowest BCUT2D eigenvalue weighted by Gasteiger charge is -2.31. The van der Waals surface area contributed by atoms with Gasteiger partial charge in [-0.1, -0.05) is 18.2 Å². The van der Waals surface area contributed by atoms with Crippen LogP contribution in [0.25, 0.3) is 0 Å². The number of benzene rings is 1. The summed E-state index contributed by atoms with van der Waals surface area (Å²) in [6, 6.07) is 7.92. The quantitative estimate of drug-likeness (QED) is 0.835. The summed E-state index contributed by atoms with van der Waals surface area (Å²) in [6.07, 6.45) is 0.813. The Labute approximate surface area is 112 Å². The van der Waals surface area contributed by atoms with Gasteiger partial charge in [0.05, 0.1) is 25.9 Å². The molecule has 1 aromatic carbocycles. The van der Waals surface area contributed by atoms with Gasteiger partial charge in [-0.2, -0.15) is 0 Å². The average Bonchev–Trinajstić information content (AvgIpc) is 2.48. The van der Waals surface area contributed by atoms with Crippen molar-refractivity contribution in [3.8, 4) is 5.75 Å². The molecule has 0 aromatic heterocycles. The monoisotopic (exact) mass is 262 g/mol. The van der Waals surface area contributed by atoms with Gasteiger partial charge in [-0.3, -0.25) is 0 Å². The summed E-state index contributed by atoms with van der Waals surface area (Å²) < 4.78 is 10.9. The van der Waals surface area contributed by atoms with Gasteiger partial charge in [0.15, 0.2) is 0 Å². The molecule has 0 bridgehead atoms. The van der Waals surface area contributed by atoms with Gasteiger partial charge in [-0.05, 0) is 6.07 Å². The Bertz CT molecular complexity index is 458. The molecule has 1 unspecified atom stereocenters. The van der Waals surface area contributed by atoms with E-state index in [4.69, 9.17) is 9.47 Å². The molecule has 2 amide bonds. The topological polar surface area (TPSA) is 50.8 Å². The van der Waals surface area contributed by atoms with Crippen molar-refractivity contribution in [3.05, 3.63) is 29.8 Å². The van der Waals surface area contributed by atoms with Crippen LogP contribution in [0.1, 0.15) is 18.0 Å². The number of urea groups is 1. The summed E-state index contributed by atoms with van der Waals surface area (Å²) in [5.41, 5.74) is 1.07. The van der Waals surface area contributed by atoms with Crippen molar-refractivity contribution in [2.75, 3.05) is 32.9 Å². The second kappa shape index (κ2) is 5.48. The molecule has 0 radical (unpaired) electrons. The standard InChI is InChI=1S/C14H18N2O3/c17-14(16-6-9-18-10-7-16)15-12-5-8-19-13-4-2-1-3-11(12)13/h1-4,12H,5-10H2,(H,15,17). The van der Waals surface area contributed by atoms with Crippen molar-refractivity contribution >= 4 is 6.03 Å². The molecular formula is C14H18N2O3. The van der Waals surface area contributed by atoms with E-state index in [1.54, 1.807) is 0 Å². The maximum Gasteiger partial charge on any atom is 0.318 e. The number of fused-ring (bicyclic) bond motifs is 1. The molecule has 1 atom stereocenters. The minimum absolute atomic E-state index is 0.00926. The molecule has 1 saturated heterocycles. The fourth-order valence-corrected chi connectivity index (χ4v) is 2.50. The number of amides is 2. The normalized spacial score (nSPS) is 22.3. The van der Waals surface area contributed by atoms with Gasteiger partial charge in [0.1, 0.15) is 5.75 Å². The Balaban J connectivity index is 1.68. The number of ether oxygens (including phenoxy) is 2. The van der Waals surface area contributed by atoms with Crippen LogP contribution in [0, 0.1) is 0 Å². The molecule has 0 saturated carbocycles. The third kappa shape index (κ3) is 2.66. The SMILES string of the molecule is O=C(NC1CCOc2ccccc21)N1CCOCC1. The van der Waals surface area contributed by atoms with Gasteiger partial charge in [0.2, 0.25) is 0 Å². The largest absolute Gasteiger partial charge is 0.493 e. The summed E-state index contributed by atoms with van der Waals surface area (Å²) in [5.74, 6) is 0.876. The van der Waals surface area contributed by atoms with Gasteiger partial charge in [-0.25, -0.2) is 4.79 Å². The lowest BCUT2D eigenvalue weighted by Crippen LogP contribution is -2.47. The predicted molar refractivity (Wildman–Crippen MR) is 70.2 cm³/mol. The first-order valence-electron chi connectivity index (χ1n) is 6.69. The highest BCUT2D eigenvalue weighted by Crippen LogP contribution is 2.31. The first-order valence-corrected chi connectivity index (χ1v) is 6.69. The molecule has 3 rings (SSSR count). The number of morpholine rings is 1. The van der Waals surface area contributed by atoms with Crippen LogP contribution in [-0.4, -0.2) is 43.8 Å². The molecule has 1 aromatic rings. The van der Waals surface area contributed by atoms with Crippen LogP contribution in [0.5, 0.6) is 5.75 Å². The number of para-hydroxylation sites is 1. The number of carbonyl (C=O) groups is 1. The average molecular weight is 262 g/mol. The highest BCUT2D eigenvalue weighted by Gasteiger charge is 2.25. The molecule has 2 heterocycles. The molecule has 1 N–H and O–H groups in total. The van der Waals surface area contributed by atoms with Crippen molar-refractivity contribution in [2.24, 2.45) is 0 Å². The summed E-state index contributed by atoms with van der Waals surface area (Å²) >= 11 is 0. The molecule has 5 heteroatoms. The molecule has 19 heavy (non-hydrogen) atoms. The van der Waals surface area contributed by atoms with Crippen LogP contribution in [0.15, 0.2) is 24.3 Å². The van der Waals surface area contributed by atoms with E-state index in [9.17, 15) is 4.79 Å². The Morgan fingerprint density at radius 3 is 2.84 bits per heavy atom. The Morgan fingerprint density at radius 1 is 1.21 bits per heavy atom. The van der Waals surface area contributed by atoms with Crippen molar-refractivity contribution in [1.29, 1.82) is 0 Å². The third-order valence-corrected chi connectivity index (χ3v) is 3.55. The van der Waals surface area contributed by atoms with Gasteiger partial charge < -0.3 is 19.7 Å². The summed E-state index contributed by atoms with van der Waals surface area (Å²) in [6.45, 7) is 3.22. The molecule has 5 nitrogen and oxygen atoms in total. The maximum atomic E-state index is 12.2. The molecule has 0 spiro atoms. The zero-order valence-electron chi connectivity index (χ0n) is 10.8. The van der Waals surface area contributed by atoms with Crippen LogP contribution in [0.2, 0.25) is 0 Å². The second-order valence-electron chi connectivity index (χ2n) is 4.78. The maximum absolute atomic E-state index is 12.2. The minimum Gasteiger partial charge on any atom is -0.493 e. The van der Waals surface area contributed by atoms with Crippen LogP contribution in [0.3, 0.4) is 0 Å². The Kier molecular flexibility index (Phi) is 3.55. The van der Waals surface area contributed by atoms with E-state index in [1.807, 2.05) is 29.2 Å². The molecule has 1 fully saturated rings. The van der Waals surface area contributed by atoms with Gasteiger partial charge in [0.25, 0.3) is 0 Å². The van der Waals surface area contributed by atoms with E-state index in [1.165, 1.54) is 0 Å². The van der Waals surface area contributed by atoms with E-state index in [2.05, 4.69) is 5.32 Å². The van der Waals surface area contributed by atoms with Gasteiger partial charge >= 0.3 is 6.03 Å². The van der Waals surface area contributed by atoms with Crippen LogP contribution >= 0.6 is 0 Å². The van der Waals surface area contributed by atoms with Crippen molar-refractivity contribution in [1.82, 2.24) is 10.2 Å². The highest BCUT2D eigenvalue weighted by atomic mass is 16.5. The first-order chi connectivity index (χ1) is 9.34. The van der Waals surface area contributed by atoms with Gasteiger partial charge in [0, 0.05) is 25.1 Å². The van der Waals surface area contributed by atoms with E-state index in [0.717, 1.165) is 17.7 Å². The first kappa shape index (κ1) is 12.3. The van der Waals surface area contributed by atoms with Crippen molar-refractivity contribution in [2.45, 2.75) is 12.5 Å². The second-order valence-corrected chi connectivity index (χ2v) is 4.78. The van der Waals surface area contributed by atoms with Crippen LogP contribution in [0.4, 0.5) is 4.79 Å². The summed E-state index contributed by atoms with van der Waals surface area (Å²) in [7, 11) is 0. The fourth-order valence-electron chi connectivity index (χ4n) is 2.50. The number of hydrogen-bond donors (Lipinski definition) is 1. The lowest BCUT2D eigenvalue weighted by molar-refractivity contribution is 0.0520. The van der Waals surface area contributed by atoms with Crippen LogP contribution < -0.4 is 10.1 Å². The Hall–Kier alpha value is -1.75. The summed E-state index contributed by atoms with van der Waals surface area (Å²) in [4.78, 5) is 14.0. The number of carbonyl (C=O) groups excluding carboxylic acids is 1. The van der Waals surface area contributed by atoms with E-state index < -0.39 is 0 Å². The predicted octanol–water partition coefficient (Wildman–Crippen LogP) is 1.55. The lowest BCUT2D eigenvalue weighted by atomic mass is 10.0. The summed E-state index contributed by atoms with van der Waals surface area (Å²) in [5, 5.41) is 3.10. The molecular weight excluding hydrogens is 244 g/mol. The highest BCUT2D eigenvalue weighted by molar-refractivity contribution is 5.75. The van der Waals surface area contributed by atoms with E-state index >= 15 is 0 Å². The smallest absolute Gasteiger partial charge is 0.318 e. The van der Waals surface area contributed by atoms with Crippen molar-refractivity contribution in [3.63, 3.8) is 0 Å². The van der Waals surface area contributed by atoms with Crippen molar-refractivity contribution < 1.29 is 14.3 Å². The zero-order valence-corrected chi connectivity index (χ0v) is 10.8. The number of nitrogens with zero attached hydrogens (tertiary/aromatic N) is 1. The third-order valence-electron chi connectivity index (χ3n) is 3.55. The van der Waals surface area contributed by atoms with Gasteiger partial charge in [-0.15, -0.1) is 0 Å². The Morgan fingerprint density at radius 2 is 2.00 bits per heavy atom. The van der Waals surface area contributed by atoms with E-state index in [0.29, 0.717) is 32.9 Å². The van der Waals surface area contributed by atoms with E-state index in [-0.39, 0.29) is 12.1 Å². The molecule has 102 valence electrons. The number of nitrogens with one attached hydrogen (secondary N) is 1. The molecule has 2 aliphatic rings. The van der Waals surface area contributed by atoms with Crippen LogP contribution in [-0.2, 0) is 4.74 Å². The zero-order chi connectivity index (χ0) is 13.1. The fraction of sp³-hybridized carbons (Fsp3) is 0.500. The number of hydrogen-bond acceptors (Lipinski definition) is 3. The molecule has 0 aliphatic carbocycles. The molecule has 2 aliphatic heterocycles. The number of rotatable bonds is 1.